The lowest BCUT2D eigenvalue weighted by Gasteiger charge is -2.24. The van der Waals surface area contributed by atoms with Gasteiger partial charge in [-0.3, -0.25) is 20.2 Å². The predicted octanol–water partition coefficient (Wildman–Crippen LogP) is 3.06. The minimum atomic E-state index is -4.33. The summed E-state index contributed by atoms with van der Waals surface area (Å²) in [4.78, 5) is 22.5. The van der Waals surface area contributed by atoms with Gasteiger partial charge in [-0.05, 0) is 37.5 Å². The van der Waals surface area contributed by atoms with Gasteiger partial charge in [-0.25, -0.2) is 8.42 Å². The monoisotopic (exact) mass is 389 g/mol. The summed E-state index contributed by atoms with van der Waals surface area (Å²) in [5, 5.41) is 23.0. The second-order valence-electron chi connectivity index (χ2n) is 6.55. The molecule has 0 unspecified atom stereocenters. The number of benzene rings is 1. The second kappa shape index (κ2) is 6.41. The third-order valence-corrected chi connectivity index (χ3v) is 5.72. The number of nitro groups is 2. The smallest absolute Gasteiger partial charge is 0.301 e. The van der Waals surface area contributed by atoms with E-state index < -0.39 is 35.2 Å². The van der Waals surface area contributed by atoms with E-state index in [2.05, 4.69) is 0 Å². The molecule has 0 saturated heterocycles. The van der Waals surface area contributed by atoms with Crippen LogP contribution in [0.4, 0.5) is 17.1 Å². The molecule has 0 spiro atoms. The van der Waals surface area contributed by atoms with Crippen molar-refractivity contribution in [2.45, 2.75) is 30.6 Å². The van der Waals surface area contributed by atoms with Crippen LogP contribution in [0.1, 0.15) is 25.7 Å². The molecule has 0 aliphatic heterocycles. The van der Waals surface area contributed by atoms with Crippen molar-refractivity contribution in [3.05, 3.63) is 32.4 Å². The van der Waals surface area contributed by atoms with Crippen molar-refractivity contribution in [3.8, 4) is 0 Å². The Bertz CT molecular complexity index is 786. The fraction of sp³-hybridized carbons (Fsp3) is 0.571. The average Bonchev–Trinajstić information content (AvgIpc) is 3.39. The summed E-state index contributed by atoms with van der Waals surface area (Å²) in [5.41, 5.74) is -1.33. The van der Waals surface area contributed by atoms with E-state index in [-0.39, 0.29) is 5.69 Å². The molecule has 11 heteroatoms. The Balaban J connectivity index is 2.16. The third kappa shape index (κ3) is 4.18. The number of halogens is 1. The lowest BCUT2D eigenvalue weighted by atomic mass is 10.1. The van der Waals surface area contributed by atoms with E-state index in [1.165, 1.54) is 0 Å². The van der Waals surface area contributed by atoms with E-state index in [1.54, 1.807) is 4.90 Å². The molecule has 0 amide bonds. The maximum Gasteiger partial charge on any atom is 0.301 e. The first-order valence-electron chi connectivity index (χ1n) is 7.83. The fourth-order valence-electron chi connectivity index (χ4n) is 2.80. The van der Waals surface area contributed by atoms with Crippen molar-refractivity contribution in [2.75, 3.05) is 18.0 Å². The van der Waals surface area contributed by atoms with Gasteiger partial charge in [-0.1, -0.05) is 0 Å². The Morgan fingerprint density at radius 1 is 1.00 bits per heavy atom. The number of rotatable bonds is 8. The molecule has 1 aromatic carbocycles. The van der Waals surface area contributed by atoms with E-state index in [0.29, 0.717) is 24.9 Å². The molecule has 3 rings (SSSR count). The summed E-state index contributed by atoms with van der Waals surface area (Å²) in [7, 11) is 0.912. The van der Waals surface area contributed by atoms with Crippen molar-refractivity contribution < 1.29 is 18.3 Å². The summed E-state index contributed by atoms with van der Waals surface area (Å²) in [6.07, 6.45) is 3.93. The van der Waals surface area contributed by atoms with Gasteiger partial charge in [0.05, 0.1) is 14.7 Å². The molecule has 25 heavy (non-hydrogen) atoms. The Morgan fingerprint density at radius 3 is 1.68 bits per heavy atom. The third-order valence-electron chi connectivity index (χ3n) is 4.39. The van der Waals surface area contributed by atoms with Crippen LogP contribution in [0.3, 0.4) is 0 Å². The van der Waals surface area contributed by atoms with Crippen LogP contribution in [0.2, 0.25) is 0 Å². The quantitative estimate of drug-likeness (QED) is 0.380. The zero-order valence-corrected chi connectivity index (χ0v) is 14.7. The van der Waals surface area contributed by atoms with Gasteiger partial charge >= 0.3 is 11.4 Å². The zero-order chi connectivity index (χ0) is 18.4. The standard InChI is InChI=1S/C14H16ClN3O6S/c15-25(23,24)11-5-12(17(19)20)14(13(6-11)18(21)22)16(7-9-1-2-9)8-10-3-4-10/h5-6,9-10H,1-4,7-8H2. The van der Waals surface area contributed by atoms with E-state index in [0.717, 1.165) is 37.8 Å². The molecule has 2 aliphatic rings. The molecule has 2 fully saturated rings. The first kappa shape index (κ1) is 17.9. The molecule has 2 saturated carbocycles. The molecule has 0 heterocycles. The van der Waals surface area contributed by atoms with Crippen LogP contribution >= 0.6 is 10.7 Å². The van der Waals surface area contributed by atoms with E-state index in [1.807, 2.05) is 0 Å². The Labute approximate surface area is 148 Å². The van der Waals surface area contributed by atoms with Crippen molar-refractivity contribution in [1.82, 2.24) is 0 Å². The Morgan fingerprint density at radius 2 is 1.40 bits per heavy atom. The van der Waals surface area contributed by atoms with Crippen LogP contribution in [0.25, 0.3) is 0 Å². The van der Waals surface area contributed by atoms with E-state index >= 15 is 0 Å². The maximum absolute atomic E-state index is 11.5. The van der Waals surface area contributed by atoms with Gasteiger partial charge in [0, 0.05) is 35.9 Å². The molecule has 0 aromatic heterocycles. The highest BCUT2D eigenvalue weighted by atomic mass is 35.7. The Hall–Kier alpha value is -1.94. The van der Waals surface area contributed by atoms with Gasteiger partial charge in [0.1, 0.15) is 0 Å². The molecule has 0 radical (unpaired) electrons. The molecule has 9 nitrogen and oxygen atoms in total. The first-order valence-corrected chi connectivity index (χ1v) is 10.1. The van der Waals surface area contributed by atoms with Crippen molar-refractivity contribution in [3.63, 3.8) is 0 Å². The minimum Gasteiger partial charge on any atom is -0.360 e. The number of nitrogens with zero attached hydrogens (tertiary/aromatic N) is 3. The predicted molar refractivity (Wildman–Crippen MR) is 90.5 cm³/mol. The van der Waals surface area contributed by atoms with Crippen LogP contribution in [0.5, 0.6) is 0 Å². The molecular formula is C14H16ClN3O6S. The molecule has 2 aliphatic carbocycles. The fourth-order valence-corrected chi connectivity index (χ4v) is 3.58. The van der Waals surface area contributed by atoms with Gasteiger partial charge < -0.3 is 4.90 Å². The number of hydrogen-bond donors (Lipinski definition) is 0. The highest BCUT2D eigenvalue weighted by molar-refractivity contribution is 8.13. The van der Waals surface area contributed by atoms with Crippen LogP contribution in [-0.4, -0.2) is 31.4 Å². The largest absolute Gasteiger partial charge is 0.360 e. The summed E-state index contributed by atoms with van der Waals surface area (Å²) >= 11 is 0. The zero-order valence-electron chi connectivity index (χ0n) is 13.1. The summed E-state index contributed by atoms with van der Waals surface area (Å²) < 4.78 is 23.1. The van der Waals surface area contributed by atoms with Crippen molar-refractivity contribution in [2.24, 2.45) is 11.8 Å². The highest BCUT2D eigenvalue weighted by Crippen LogP contribution is 2.44. The van der Waals surface area contributed by atoms with Gasteiger partial charge in [-0.2, -0.15) is 0 Å². The second-order valence-corrected chi connectivity index (χ2v) is 9.12. The lowest BCUT2D eigenvalue weighted by molar-refractivity contribution is -0.393. The lowest BCUT2D eigenvalue weighted by Crippen LogP contribution is -2.29. The molecule has 1 aromatic rings. The van der Waals surface area contributed by atoms with Crippen LogP contribution in [-0.2, 0) is 9.05 Å². The van der Waals surface area contributed by atoms with E-state index in [4.69, 9.17) is 10.7 Å². The highest BCUT2D eigenvalue weighted by Gasteiger charge is 2.38. The van der Waals surface area contributed by atoms with Crippen LogP contribution in [0, 0.1) is 32.1 Å². The maximum atomic E-state index is 11.5. The van der Waals surface area contributed by atoms with Crippen molar-refractivity contribution >= 4 is 36.8 Å². The molecule has 0 atom stereocenters. The summed E-state index contributed by atoms with van der Waals surface area (Å²) in [5.74, 6) is 0.712. The van der Waals surface area contributed by atoms with Gasteiger partial charge in [-0.15, -0.1) is 0 Å². The van der Waals surface area contributed by atoms with Gasteiger partial charge in [0.25, 0.3) is 9.05 Å². The first-order chi connectivity index (χ1) is 11.7. The topological polar surface area (TPSA) is 124 Å². The van der Waals surface area contributed by atoms with Crippen LogP contribution in [0.15, 0.2) is 17.0 Å². The van der Waals surface area contributed by atoms with Crippen molar-refractivity contribution in [1.29, 1.82) is 0 Å². The SMILES string of the molecule is O=[N+]([O-])c1cc(S(=O)(=O)Cl)cc([N+](=O)[O-])c1N(CC1CC1)CC1CC1. The summed E-state index contributed by atoms with van der Waals surface area (Å²) in [6.45, 7) is 0.982. The molecular weight excluding hydrogens is 374 g/mol. The van der Waals surface area contributed by atoms with Gasteiger partial charge in [0.2, 0.25) is 0 Å². The molecule has 0 N–H and O–H groups in total. The molecule has 136 valence electrons. The number of anilines is 1. The van der Waals surface area contributed by atoms with Gasteiger partial charge in [0.15, 0.2) is 5.69 Å². The number of hydrogen-bond acceptors (Lipinski definition) is 7. The van der Waals surface area contributed by atoms with Crippen LogP contribution < -0.4 is 4.90 Å². The average molecular weight is 390 g/mol. The normalized spacial score (nSPS) is 17.3. The Kier molecular flexibility index (Phi) is 4.58. The number of nitro benzene ring substituents is 2. The van der Waals surface area contributed by atoms with E-state index in [9.17, 15) is 28.6 Å². The minimum absolute atomic E-state index is 0.127. The summed E-state index contributed by atoms with van der Waals surface area (Å²) in [6, 6.07) is 1.61. The molecule has 0 bridgehead atoms.